The van der Waals surface area contributed by atoms with Gasteiger partial charge in [0.1, 0.15) is 5.75 Å². The van der Waals surface area contributed by atoms with Gasteiger partial charge in [-0.3, -0.25) is 4.79 Å². The molecule has 3 aliphatic carbocycles. The molecule has 1 aromatic heterocycles. The molecule has 1 atom stereocenters. The molecule has 1 N–H and O–H groups in total. The van der Waals surface area contributed by atoms with Crippen LogP contribution in [0.5, 0.6) is 5.75 Å². The molecule has 0 spiro atoms. The number of nitrogens with zero attached hydrogens (tertiary/aromatic N) is 2. The van der Waals surface area contributed by atoms with Crippen molar-refractivity contribution in [2.75, 3.05) is 19.4 Å². The second-order valence-electron chi connectivity index (χ2n) is 8.98. The number of carbonyl (C=O) groups excluding carboxylic acids is 1. The Morgan fingerprint density at radius 1 is 0.971 bits per heavy atom. The SMILES string of the molecule is COc1ccc(-c2nnc(SCC(=O)NCC3CC4c5ccccc5C3c3ccccc34)o2)cc1. The molecule has 1 amide bonds. The number of aromatic nitrogens is 2. The fourth-order valence-electron chi connectivity index (χ4n) is 5.50. The Labute approximate surface area is 208 Å². The van der Waals surface area contributed by atoms with Gasteiger partial charge in [-0.15, -0.1) is 10.2 Å². The summed E-state index contributed by atoms with van der Waals surface area (Å²) < 4.78 is 10.9. The lowest BCUT2D eigenvalue weighted by Gasteiger charge is -2.45. The second-order valence-corrected chi connectivity index (χ2v) is 9.90. The standard InChI is InChI=1S/C28H25N3O3S/c1-33-19-12-10-17(11-13-19)27-30-31-28(34-27)35-16-25(32)29-15-18-14-24-20-6-2-4-8-22(20)26(18)23-9-5-3-7-21(23)24/h2-13,18,24,26H,14-16H2,1H3,(H,29,32). The minimum Gasteiger partial charge on any atom is -0.497 e. The van der Waals surface area contributed by atoms with Crippen LogP contribution in [0.3, 0.4) is 0 Å². The van der Waals surface area contributed by atoms with Crippen molar-refractivity contribution in [2.24, 2.45) is 5.92 Å². The summed E-state index contributed by atoms with van der Waals surface area (Å²) in [7, 11) is 1.62. The van der Waals surface area contributed by atoms with Gasteiger partial charge in [0.25, 0.3) is 5.22 Å². The fourth-order valence-corrected chi connectivity index (χ4v) is 6.09. The van der Waals surface area contributed by atoms with Crippen LogP contribution in [0.4, 0.5) is 0 Å². The molecule has 0 saturated heterocycles. The van der Waals surface area contributed by atoms with E-state index in [1.54, 1.807) is 7.11 Å². The lowest BCUT2D eigenvalue weighted by atomic mass is 9.59. The number of carbonyl (C=O) groups is 1. The number of thioether (sulfide) groups is 1. The number of nitrogens with one attached hydrogen (secondary N) is 1. The molecule has 1 unspecified atom stereocenters. The van der Waals surface area contributed by atoms with Gasteiger partial charge in [-0.25, -0.2) is 0 Å². The van der Waals surface area contributed by atoms with E-state index in [-0.39, 0.29) is 11.7 Å². The van der Waals surface area contributed by atoms with Crippen molar-refractivity contribution in [1.82, 2.24) is 15.5 Å². The molecule has 3 aromatic carbocycles. The molecule has 176 valence electrons. The van der Waals surface area contributed by atoms with E-state index in [9.17, 15) is 4.79 Å². The maximum Gasteiger partial charge on any atom is 0.277 e. The van der Waals surface area contributed by atoms with Crippen molar-refractivity contribution in [2.45, 2.75) is 23.5 Å². The summed E-state index contributed by atoms with van der Waals surface area (Å²) in [6.45, 7) is 0.657. The largest absolute Gasteiger partial charge is 0.497 e. The molecule has 6 nitrogen and oxygen atoms in total. The summed E-state index contributed by atoms with van der Waals surface area (Å²) >= 11 is 1.25. The molecular formula is C28H25N3O3S. The van der Waals surface area contributed by atoms with Crippen molar-refractivity contribution in [1.29, 1.82) is 0 Å². The summed E-state index contributed by atoms with van der Waals surface area (Å²) in [5.74, 6) is 2.50. The molecule has 0 fully saturated rings. The molecule has 0 saturated carbocycles. The van der Waals surface area contributed by atoms with Gasteiger partial charge in [-0.05, 0) is 58.9 Å². The van der Waals surface area contributed by atoms with Crippen LogP contribution >= 0.6 is 11.8 Å². The quantitative estimate of drug-likeness (QED) is 0.362. The first-order valence-electron chi connectivity index (χ1n) is 11.8. The predicted octanol–water partition coefficient (Wildman–Crippen LogP) is 5.25. The number of benzene rings is 3. The zero-order valence-corrected chi connectivity index (χ0v) is 20.1. The van der Waals surface area contributed by atoms with Crippen molar-refractivity contribution in [3.05, 3.63) is 95.1 Å². The Hall–Kier alpha value is -3.58. The smallest absolute Gasteiger partial charge is 0.277 e. The Bertz CT molecular complexity index is 1320. The Balaban J connectivity index is 1.08. The van der Waals surface area contributed by atoms with Crippen molar-refractivity contribution in [3.8, 4) is 17.2 Å². The Kier molecular flexibility index (Phi) is 5.78. The minimum atomic E-state index is -0.0257. The van der Waals surface area contributed by atoms with Crippen LogP contribution in [-0.4, -0.2) is 35.5 Å². The van der Waals surface area contributed by atoms with E-state index in [4.69, 9.17) is 9.15 Å². The van der Waals surface area contributed by atoms with Crippen LogP contribution in [0.25, 0.3) is 11.5 Å². The van der Waals surface area contributed by atoms with Gasteiger partial charge in [0.2, 0.25) is 11.8 Å². The van der Waals surface area contributed by atoms with Gasteiger partial charge in [-0.1, -0.05) is 60.3 Å². The summed E-state index contributed by atoms with van der Waals surface area (Å²) in [5, 5.41) is 11.7. The van der Waals surface area contributed by atoms with Gasteiger partial charge in [0, 0.05) is 23.9 Å². The topological polar surface area (TPSA) is 77.2 Å². The number of methoxy groups -OCH3 is 1. The highest BCUT2D eigenvalue weighted by Gasteiger charge is 2.42. The molecule has 2 bridgehead atoms. The molecule has 0 radical (unpaired) electrons. The van der Waals surface area contributed by atoms with Crippen LogP contribution in [0.1, 0.15) is 40.5 Å². The van der Waals surface area contributed by atoms with Gasteiger partial charge in [0.15, 0.2) is 0 Å². The van der Waals surface area contributed by atoms with Crippen LogP contribution in [-0.2, 0) is 4.79 Å². The maximum atomic E-state index is 12.7. The minimum absolute atomic E-state index is 0.0257. The molecule has 7 heteroatoms. The molecule has 1 heterocycles. The highest BCUT2D eigenvalue weighted by Crippen LogP contribution is 2.55. The first kappa shape index (κ1) is 21.9. The lowest BCUT2D eigenvalue weighted by molar-refractivity contribution is -0.118. The van der Waals surface area contributed by atoms with E-state index in [1.807, 2.05) is 24.3 Å². The maximum absolute atomic E-state index is 12.7. The van der Waals surface area contributed by atoms with Gasteiger partial charge in [-0.2, -0.15) is 0 Å². The van der Waals surface area contributed by atoms with Crippen molar-refractivity contribution >= 4 is 17.7 Å². The summed E-state index contributed by atoms with van der Waals surface area (Å²) in [5.41, 5.74) is 6.51. The number of hydrogen-bond acceptors (Lipinski definition) is 6. The Morgan fingerprint density at radius 2 is 1.63 bits per heavy atom. The number of amides is 1. The first-order valence-corrected chi connectivity index (χ1v) is 12.7. The van der Waals surface area contributed by atoms with Gasteiger partial charge >= 0.3 is 0 Å². The first-order chi connectivity index (χ1) is 17.2. The lowest BCUT2D eigenvalue weighted by Crippen LogP contribution is -2.39. The number of fused-ring (bicyclic) bond motifs is 1. The molecular weight excluding hydrogens is 458 g/mol. The number of rotatable bonds is 7. The van der Waals surface area contributed by atoms with Crippen LogP contribution in [0, 0.1) is 5.92 Å². The highest BCUT2D eigenvalue weighted by atomic mass is 32.2. The number of ether oxygens (including phenoxy) is 1. The molecule has 7 rings (SSSR count). The van der Waals surface area contributed by atoms with Gasteiger partial charge < -0.3 is 14.5 Å². The van der Waals surface area contributed by atoms with E-state index < -0.39 is 0 Å². The van der Waals surface area contributed by atoms with Crippen LogP contribution in [0.2, 0.25) is 0 Å². The molecule has 35 heavy (non-hydrogen) atoms. The zero-order chi connectivity index (χ0) is 23.8. The average Bonchev–Trinajstić information content (AvgIpc) is 3.40. The van der Waals surface area contributed by atoms with E-state index >= 15 is 0 Å². The van der Waals surface area contributed by atoms with Crippen LogP contribution in [0.15, 0.2) is 82.4 Å². The van der Waals surface area contributed by atoms with E-state index in [0.717, 1.165) is 17.7 Å². The van der Waals surface area contributed by atoms with Crippen molar-refractivity contribution < 1.29 is 13.9 Å². The third-order valence-corrected chi connectivity index (χ3v) is 7.87. The van der Waals surface area contributed by atoms with E-state index in [2.05, 4.69) is 64.0 Å². The van der Waals surface area contributed by atoms with Crippen LogP contribution < -0.4 is 10.1 Å². The Morgan fingerprint density at radius 3 is 2.29 bits per heavy atom. The van der Waals surface area contributed by atoms with Crippen molar-refractivity contribution in [3.63, 3.8) is 0 Å². The summed E-state index contributed by atoms with van der Waals surface area (Å²) in [6, 6.07) is 25.0. The normalized spacial score (nSPS) is 19.6. The monoisotopic (exact) mass is 483 g/mol. The zero-order valence-electron chi connectivity index (χ0n) is 19.3. The average molecular weight is 484 g/mol. The fraction of sp³-hybridized carbons (Fsp3) is 0.250. The molecule has 4 aromatic rings. The highest BCUT2D eigenvalue weighted by molar-refractivity contribution is 7.99. The number of hydrogen-bond donors (Lipinski definition) is 1. The second kappa shape index (κ2) is 9.23. The molecule has 3 aliphatic rings. The van der Waals surface area contributed by atoms with E-state index in [0.29, 0.717) is 35.4 Å². The van der Waals surface area contributed by atoms with Gasteiger partial charge in [0.05, 0.1) is 12.9 Å². The third kappa shape index (κ3) is 4.10. The summed E-state index contributed by atoms with van der Waals surface area (Å²) in [6.07, 6.45) is 1.06. The molecule has 0 aliphatic heterocycles. The third-order valence-electron chi connectivity index (χ3n) is 7.05. The summed E-state index contributed by atoms with van der Waals surface area (Å²) in [4.78, 5) is 12.7. The predicted molar refractivity (Wildman–Crippen MR) is 135 cm³/mol. The van der Waals surface area contributed by atoms with E-state index in [1.165, 1.54) is 34.0 Å².